The molecule has 3 aliphatic rings. The maximum Gasteiger partial charge on any atom is 0.177 e. The van der Waals surface area contributed by atoms with Crippen molar-refractivity contribution in [2.45, 2.75) is 50.2 Å². The molecule has 1 aliphatic carbocycles. The molecule has 0 amide bonds. The normalized spacial score (nSPS) is 21.6. The molecule has 2 aliphatic heterocycles. The number of fused-ring (bicyclic) bond motifs is 1. The maximum absolute atomic E-state index is 15.5. The van der Waals surface area contributed by atoms with Gasteiger partial charge in [-0.2, -0.15) is 0 Å². The van der Waals surface area contributed by atoms with E-state index in [2.05, 4.69) is 18.7 Å². The van der Waals surface area contributed by atoms with Crippen molar-refractivity contribution in [1.29, 1.82) is 0 Å². The Balaban J connectivity index is 1.40. The summed E-state index contributed by atoms with van der Waals surface area (Å²) in [5.41, 5.74) is 3.01. The highest BCUT2D eigenvalue weighted by molar-refractivity contribution is 7.90. The van der Waals surface area contributed by atoms with Gasteiger partial charge < -0.3 is 14.6 Å². The molecule has 1 saturated carbocycles. The second kappa shape index (κ2) is 11.2. The molecule has 1 N–H and O–H groups in total. The zero-order chi connectivity index (χ0) is 29.8. The number of aromatic hydroxyl groups is 1. The van der Waals surface area contributed by atoms with Gasteiger partial charge in [0.15, 0.2) is 21.4 Å². The number of allylic oxidation sites excluding steroid dienone is 1. The predicted molar refractivity (Wildman–Crippen MR) is 162 cm³/mol. The van der Waals surface area contributed by atoms with Crippen molar-refractivity contribution < 1.29 is 27.4 Å². The minimum Gasteiger partial charge on any atom is -0.505 e. The highest BCUT2D eigenvalue weighted by atomic mass is 35.5. The highest BCUT2D eigenvalue weighted by Crippen LogP contribution is 2.56. The van der Waals surface area contributed by atoms with Crippen molar-refractivity contribution in [3.8, 4) is 17.2 Å². The average molecular weight is 612 g/mol. The second-order valence-electron chi connectivity index (χ2n) is 11.9. The van der Waals surface area contributed by atoms with Crippen LogP contribution in [0.4, 0.5) is 4.39 Å². The van der Waals surface area contributed by atoms with Crippen LogP contribution in [0.1, 0.15) is 55.9 Å². The van der Waals surface area contributed by atoms with Crippen LogP contribution in [0.3, 0.4) is 0 Å². The standard InChI is InChI=1S/C33H35ClFNO5S/c1-19-14-15-36(17-19)20(2)18-40-24-9-6-22(7-10-24)33-30(23-8-11-25(34)28(16-23)42(3,38)39)29(21-4-5-21)31-27(41-33)13-12-26(37)32(31)35/h6-13,16,19-21,33,37H,4-5,14-15,17-18H2,1-3H3. The lowest BCUT2D eigenvalue weighted by Gasteiger charge is -2.33. The third-order valence-electron chi connectivity index (χ3n) is 8.53. The zero-order valence-electron chi connectivity index (χ0n) is 23.9. The van der Waals surface area contributed by atoms with E-state index in [4.69, 9.17) is 21.1 Å². The van der Waals surface area contributed by atoms with Gasteiger partial charge in [-0.1, -0.05) is 36.7 Å². The zero-order valence-corrected chi connectivity index (χ0v) is 25.5. The van der Waals surface area contributed by atoms with E-state index in [1.807, 2.05) is 24.3 Å². The number of likely N-dealkylation sites (tertiary alicyclic amines) is 1. The van der Waals surface area contributed by atoms with Crippen LogP contribution < -0.4 is 9.47 Å². The van der Waals surface area contributed by atoms with Gasteiger partial charge in [-0.3, -0.25) is 4.90 Å². The number of sulfone groups is 1. The summed E-state index contributed by atoms with van der Waals surface area (Å²) in [6.07, 6.45) is 3.39. The topological polar surface area (TPSA) is 76.1 Å². The summed E-state index contributed by atoms with van der Waals surface area (Å²) in [7, 11) is -3.63. The summed E-state index contributed by atoms with van der Waals surface area (Å²) >= 11 is 6.29. The fourth-order valence-electron chi connectivity index (χ4n) is 6.08. The summed E-state index contributed by atoms with van der Waals surface area (Å²) < 4.78 is 53.2. The van der Waals surface area contributed by atoms with E-state index in [9.17, 15) is 13.5 Å². The third-order valence-corrected chi connectivity index (χ3v) is 10.1. The van der Waals surface area contributed by atoms with E-state index in [1.54, 1.807) is 18.2 Å². The van der Waals surface area contributed by atoms with E-state index in [-0.39, 0.29) is 21.4 Å². The van der Waals surface area contributed by atoms with E-state index in [0.717, 1.165) is 49.1 Å². The maximum atomic E-state index is 15.5. The molecule has 6 nitrogen and oxygen atoms in total. The van der Waals surface area contributed by atoms with Crippen molar-refractivity contribution in [1.82, 2.24) is 4.90 Å². The monoisotopic (exact) mass is 611 g/mol. The third kappa shape index (κ3) is 5.64. The summed E-state index contributed by atoms with van der Waals surface area (Å²) in [5, 5.41) is 10.4. The Morgan fingerprint density at radius 1 is 1.10 bits per heavy atom. The molecule has 0 spiro atoms. The number of benzene rings is 3. The first-order valence-corrected chi connectivity index (χ1v) is 16.7. The number of phenols is 1. The highest BCUT2D eigenvalue weighted by Gasteiger charge is 2.41. The van der Waals surface area contributed by atoms with Crippen molar-refractivity contribution in [3.63, 3.8) is 0 Å². The van der Waals surface area contributed by atoms with Crippen molar-refractivity contribution in [2.24, 2.45) is 11.8 Å². The number of hydrogen-bond acceptors (Lipinski definition) is 6. The van der Waals surface area contributed by atoms with Crippen LogP contribution in [0.5, 0.6) is 17.2 Å². The van der Waals surface area contributed by atoms with Crippen LogP contribution in [0.2, 0.25) is 5.02 Å². The fraction of sp³-hybridized carbons (Fsp3) is 0.394. The lowest BCUT2D eigenvalue weighted by atomic mass is 9.83. The molecular weight excluding hydrogens is 577 g/mol. The van der Waals surface area contributed by atoms with Crippen LogP contribution in [0.15, 0.2) is 59.5 Å². The summed E-state index contributed by atoms with van der Waals surface area (Å²) in [4.78, 5) is 2.45. The Labute approximate surface area is 251 Å². The van der Waals surface area contributed by atoms with Crippen molar-refractivity contribution in [3.05, 3.63) is 82.1 Å². The lowest BCUT2D eigenvalue weighted by molar-refractivity contribution is 0.169. The van der Waals surface area contributed by atoms with Crippen molar-refractivity contribution >= 4 is 32.6 Å². The Hall–Kier alpha value is -3.07. The smallest absolute Gasteiger partial charge is 0.177 e. The molecule has 42 heavy (non-hydrogen) atoms. The van der Waals surface area contributed by atoms with Crippen LogP contribution in [-0.2, 0) is 9.84 Å². The van der Waals surface area contributed by atoms with E-state index >= 15 is 4.39 Å². The molecule has 0 bridgehead atoms. The summed E-state index contributed by atoms with van der Waals surface area (Å²) in [6, 6.07) is 15.7. The van der Waals surface area contributed by atoms with Gasteiger partial charge in [0.2, 0.25) is 0 Å². The van der Waals surface area contributed by atoms with Crippen molar-refractivity contribution in [2.75, 3.05) is 26.0 Å². The fourth-order valence-corrected chi connectivity index (χ4v) is 7.38. The molecular formula is C33H35ClFNO5S. The van der Waals surface area contributed by atoms with Gasteiger partial charge in [-0.25, -0.2) is 12.8 Å². The van der Waals surface area contributed by atoms with Gasteiger partial charge in [0, 0.05) is 24.4 Å². The molecule has 3 unspecified atom stereocenters. The number of ether oxygens (including phenoxy) is 2. The number of nitrogens with zero attached hydrogens (tertiary/aromatic N) is 1. The Kier molecular flexibility index (Phi) is 7.75. The van der Waals surface area contributed by atoms with Crippen LogP contribution >= 0.6 is 11.6 Å². The Morgan fingerprint density at radius 2 is 1.83 bits per heavy atom. The SMILES string of the molecule is CC1CCN(C(C)COc2ccc(C3Oc4ccc(O)c(F)c4C(C4CC4)=C3c3ccc(Cl)c(S(C)(=O)=O)c3)cc2)C1. The first kappa shape index (κ1) is 29.0. The second-order valence-corrected chi connectivity index (χ2v) is 14.3. The van der Waals surface area contributed by atoms with Crippen LogP contribution in [0.25, 0.3) is 11.1 Å². The molecule has 0 aromatic heterocycles. The molecule has 3 aromatic rings. The molecule has 1 saturated heterocycles. The van der Waals surface area contributed by atoms with Gasteiger partial charge in [-0.05, 0) is 97.7 Å². The van der Waals surface area contributed by atoms with E-state index in [0.29, 0.717) is 35.5 Å². The van der Waals surface area contributed by atoms with Gasteiger partial charge >= 0.3 is 0 Å². The van der Waals surface area contributed by atoms with Gasteiger partial charge in [0.05, 0.1) is 15.5 Å². The first-order valence-electron chi connectivity index (χ1n) is 14.4. The van der Waals surface area contributed by atoms with Crippen LogP contribution in [-0.4, -0.2) is 50.4 Å². The quantitative estimate of drug-likeness (QED) is 0.291. The first-order chi connectivity index (χ1) is 20.0. The molecule has 2 heterocycles. The van der Waals surface area contributed by atoms with E-state index < -0.39 is 27.5 Å². The molecule has 6 rings (SSSR count). The minimum atomic E-state index is -3.63. The van der Waals surface area contributed by atoms with Gasteiger partial charge in [0.1, 0.15) is 24.2 Å². The van der Waals surface area contributed by atoms with Gasteiger partial charge in [0.25, 0.3) is 0 Å². The number of hydrogen-bond donors (Lipinski definition) is 1. The summed E-state index contributed by atoms with van der Waals surface area (Å²) in [6.45, 7) is 7.22. The van der Waals surface area contributed by atoms with Crippen LogP contribution in [0, 0.1) is 17.7 Å². The lowest BCUT2D eigenvalue weighted by Crippen LogP contribution is -2.35. The van der Waals surface area contributed by atoms with E-state index in [1.165, 1.54) is 18.6 Å². The number of rotatable bonds is 8. The average Bonchev–Trinajstić information content (AvgIpc) is 3.71. The molecule has 0 radical (unpaired) electrons. The minimum absolute atomic E-state index is 0.00416. The molecule has 2 fully saturated rings. The summed E-state index contributed by atoms with van der Waals surface area (Å²) in [5.74, 6) is 0.641. The Morgan fingerprint density at radius 3 is 2.48 bits per heavy atom. The Bertz CT molecular complexity index is 1650. The predicted octanol–water partition coefficient (Wildman–Crippen LogP) is 7.15. The largest absolute Gasteiger partial charge is 0.505 e. The van der Waals surface area contributed by atoms with Gasteiger partial charge in [-0.15, -0.1) is 0 Å². The molecule has 3 atom stereocenters. The molecule has 222 valence electrons. The number of phenolic OH excluding ortho intramolecular Hbond substituents is 1. The molecule has 9 heteroatoms. The number of halogens is 2. The molecule has 3 aromatic carbocycles.